The van der Waals surface area contributed by atoms with Crippen molar-refractivity contribution in [2.45, 2.75) is 6.92 Å². The van der Waals surface area contributed by atoms with Gasteiger partial charge < -0.3 is 10.3 Å². The van der Waals surface area contributed by atoms with Crippen LogP contribution in [-0.4, -0.2) is 9.97 Å². The minimum absolute atomic E-state index is 0.0692. The molecule has 0 atom stereocenters. The summed E-state index contributed by atoms with van der Waals surface area (Å²) in [6.07, 6.45) is 1.22. The van der Waals surface area contributed by atoms with Gasteiger partial charge in [-0.25, -0.2) is 9.37 Å². The van der Waals surface area contributed by atoms with E-state index in [2.05, 4.69) is 31.2 Å². The van der Waals surface area contributed by atoms with E-state index in [1.807, 2.05) is 0 Å². The van der Waals surface area contributed by atoms with Crippen molar-refractivity contribution in [2.75, 3.05) is 5.32 Å². The number of nitrogens with zero attached hydrogens (tertiary/aromatic N) is 1. The van der Waals surface area contributed by atoms with Crippen LogP contribution in [0.25, 0.3) is 0 Å². The summed E-state index contributed by atoms with van der Waals surface area (Å²) in [5.74, 6) is -0.227. The van der Waals surface area contributed by atoms with Crippen molar-refractivity contribution < 1.29 is 4.39 Å². The first kappa shape index (κ1) is 13.0. The fourth-order valence-corrected chi connectivity index (χ4v) is 1.99. The fraction of sp³-hybridized carbons (Fsp3) is 0.0909. The van der Waals surface area contributed by atoms with Gasteiger partial charge in [0.2, 0.25) is 0 Å². The Morgan fingerprint density at radius 1 is 1.50 bits per heavy atom. The van der Waals surface area contributed by atoms with E-state index in [1.165, 1.54) is 12.4 Å². The zero-order valence-electron chi connectivity index (χ0n) is 9.22. The van der Waals surface area contributed by atoms with Crippen molar-refractivity contribution in [3.8, 4) is 0 Å². The lowest BCUT2D eigenvalue weighted by atomic mass is 10.2. The van der Waals surface area contributed by atoms with Gasteiger partial charge in [0.25, 0.3) is 5.56 Å². The molecule has 2 N–H and O–H groups in total. The summed E-state index contributed by atoms with van der Waals surface area (Å²) < 4.78 is 13.8. The highest BCUT2D eigenvalue weighted by atomic mass is 79.9. The highest BCUT2D eigenvalue weighted by Gasteiger charge is 2.10. The van der Waals surface area contributed by atoms with E-state index in [-0.39, 0.29) is 10.8 Å². The third-order valence-electron chi connectivity index (χ3n) is 2.32. The Kier molecular flexibility index (Phi) is 3.68. The van der Waals surface area contributed by atoms with Gasteiger partial charge in [-0.3, -0.25) is 4.79 Å². The molecule has 0 spiro atoms. The molecule has 18 heavy (non-hydrogen) atoms. The number of H-pyrrole nitrogens is 1. The van der Waals surface area contributed by atoms with Crippen LogP contribution in [0.4, 0.5) is 15.9 Å². The summed E-state index contributed by atoms with van der Waals surface area (Å²) in [5.41, 5.74) is 0.835. The van der Waals surface area contributed by atoms with Gasteiger partial charge in [0.1, 0.15) is 10.8 Å². The molecule has 1 aromatic carbocycles. The summed E-state index contributed by atoms with van der Waals surface area (Å²) >= 11 is 8.89. The molecule has 0 unspecified atom stereocenters. The van der Waals surface area contributed by atoms with E-state index in [0.717, 1.165) is 5.56 Å². The number of aromatic nitrogens is 2. The lowest BCUT2D eigenvalue weighted by Crippen LogP contribution is -2.10. The van der Waals surface area contributed by atoms with Gasteiger partial charge in [0.15, 0.2) is 5.82 Å². The summed E-state index contributed by atoms with van der Waals surface area (Å²) in [6.45, 7) is 1.80. The second-order valence-electron chi connectivity index (χ2n) is 3.60. The fourth-order valence-electron chi connectivity index (χ4n) is 1.38. The lowest BCUT2D eigenvalue weighted by Gasteiger charge is -2.10. The molecule has 1 heterocycles. The average molecular weight is 333 g/mol. The number of rotatable bonds is 2. The Morgan fingerprint density at radius 2 is 2.22 bits per heavy atom. The summed E-state index contributed by atoms with van der Waals surface area (Å²) in [7, 11) is 0. The minimum Gasteiger partial charge on any atom is -0.338 e. The van der Waals surface area contributed by atoms with Gasteiger partial charge in [-0.2, -0.15) is 0 Å². The predicted octanol–water partition coefficient (Wildman–Crippen LogP) is 3.38. The SMILES string of the molecule is Cc1cc(Br)c(F)cc1Nc1nc[nH]c(=O)c1Cl. The average Bonchev–Trinajstić information content (AvgIpc) is 2.32. The van der Waals surface area contributed by atoms with Crippen molar-refractivity contribution in [1.29, 1.82) is 0 Å². The number of nitrogens with one attached hydrogen (secondary N) is 2. The first-order chi connectivity index (χ1) is 8.49. The molecule has 0 amide bonds. The number of aromatic amines is 1. The van der Waals surface area contributed by atoms with Crippen LogP contribution in [0.5, 0.6) is 0 Å². The topological polar surface area (TPSA) is 57.8 Å². The predicted molar refractivity (Wildman–Crippen MR) is 72.0 cm³/mol. The molecule has 2 aromatic rings. The second kappa shape index (κ2) is 5.07. The van der Waals surface area contributed by atoms with E-state index in [4.69, 9.17) is 11.6 Å². The summed E-state index contributed by atoms with van der Waals surface area (Å²) in [5, 5.41) is 2.76. The molecule has 0 bridgehead atoms. The van der Waals surface area contributed by atoms with E-state index in [9.17, 15) is 9.18 Å². The van der Waals surface area contributed by atoms with Crippen LogP contribution in [0.15, 0.2) is 27.7 Å². The van der Waals surface area contributed by atoms with E-state index >= 15 is 0 Å². The van der Waals surface area contributed by atoms with E-state index in [0.29, 0.717) is 10.2 Å². The third-order valence-corrected chi connectivity index (χ3v) is 3.28. The molecule has 1 aromatic heterocycles. The molecule has 0 aliphatic carbocycles. The maximum absolute atomic E-state index is 13.4. The Balaban J connectivity index is 2.43. The van der Waals surface area contributed by atoms with Crippen LogP contribution < -0.4 is 10.9 Å². The van der Waals surface area contributed by atoms with Crippen LogP contribution in [-0.2, 0) is 0 Å². The zero-order chi connectivity index (χ0) is 13.3. The maximum atomic E-state index is 13.4. The molecule has 0 fully saturated rings. The summed E-state index contributed by atoms with van der Waals surface area (Å²) in [6, 6.07) is 2.93. The van der Waals surface area contributed by atoms with Crippen molar-refractivity contribution in [2.24, 2.45) is 0 Å². The Morgan fingerprint density at radius 3 is 2.94 bits per heavy atom. The van der Waals surface area contributed by atoms with E-state index < -0.39 is 11.4 Å². The van der Waals surface area contributed by atoms with Crippen molar-refractivity contribution >= 4 is 39.0 Å². The highest BCUT2D eigenvalue weighted by molar-refractivity contribution is 9.10. The zero-order valence-corrected chi connectivity index (χ0v) is 11.6. The monoisotopic (exact) mass is 331 g/mol. The van der Waals surface area contributed by atoms with Crippen molar-refractivity contribution in [3.63, 3.8) is 0 Å². The molecular weight excluding hydrogens is 324 g/mol. The van der Waals surface area contributed by atoms with Crippen LogP contribution in [0, 0.1) is 12.7 Å². The second-order valence-corrected chi connectivity index (χ2v) is 4.83. The molecule has 7 heteroatoms. The van der Waals surface area contributed by atoms with Gasteiger partial charge in [0, 0.05) is 5.69 Å². The summed E-state index contributed by atoms with van der Waals surface area (Å²) in [4.78, 5) is 17.5. The van der Waals surface area contributed by atoms with Crippen LogP contribution in [0.2, 0.25) is 5.02 Å². The standard InChI is InChI=1S/C11H8BrClFN3O/c1-5-2-6(12)7(14)3-8(5)17-10-9(13)11(18)16-4-15-10/h2-4H,1H3,(H2,15,16,17,18). The molecule has 0 saturated carbocycles. The van der Waals surface area contributed by atoms with Gasteiger partial charge in [-0.1, -0.05) is 11.6 Å². The van der Waals surface area contributed by atoms with Crippen LogP contribution in [0.1, 0.15) is 5.56 Å². The highest BCUT2D eigenvalue weighted by Crippen LogP contribution is 2.27. The third kappa shape index (κ3) is 2.54. The number of halogens is 3. The Labute approximate surface area is 115 Å². The first-order valence-electron chi connectivity index (χ1n) is 4.95. The van der Waals surface area contributed by atoms with Gasteiger partial charge >= 0.3 is 0 Å². The van der Waals surface area contributed by atoms with Crippen LogP contribution >= 0.6 is 27.5 Å². The molecular formula is C11H8BrClFN3O. The molecule has 0 saturated heterocycles. The first-order valence-corrected chi connectivity index (χ1v) is 6.12. The van der Waals surface area contributed by atoms with Crippen molar-refractivity contribution in [3.05, 3.63) is 49.7 Å². The van der Waals surface area contributed by atoms with Gasteiger partial charge in [-0.05, 0) is 40.5 Å². The molecule has 0 aliphatic rings. The molecule has 0 aliphatic heterocycles. The number of benzene rings is 1. The molecule has 0 radical (unpaired) electrons. The number of hydrogen-bond acceptors (Lipinski definition) is 3. The van der Waals surface area contributed by atoms with Crippen LogP contribution in [0.3, 0.4) is 0 Å². The largest absolute Gasteiger partial charge is 0.338 e. The molecule has 94 valence electrons. The normalized spacial score (nSPS) is 10.4. The number of anilines is 2. The Bertz CT molecular complexity index is 659. The number of aryl methyl sites for hydroxylation is 1. The maximum Gasteiger partial charge on any atom is 0.271 e. The quantitative estimate of drug-likeness (QED) is 0.886. The Hall–Kier alpha value is -1.40. The van der Waals surface area contributed by atoms with Gasteiger partial charge in [0.05, 0.1) is 10.8 Å². The number of hydrogen-bond donors (Lipinski definition) is 2. The molecule has 4 nitrogen and oxygen atoms in total. The van der Waals surface area contributed by atoms with Crippen molar-refractivity contribution in [1.82, 2.24) is 9.97 Å². The smallest absolute Gasteiger partial charge is 0.271 e. The minimum atomic E-state index is -0.454. The van der Waals surface area contributed by atoms with Gasteiger partial charge in [-0.15, -0.1) is 0 Å². The van der Waals surface area contributed by atoms with E-state index in [1.54, 1.807) is 13.0 Å². The lowest BCUT2D eigenvalue weighted by molar-refractivity contribution is 0.621. The molecule has 2 rings (SSSR count).